The Kier molecular flexibility index (Phi) is 4.94. The third-order valence-electron chi connectivity index (χ3n) is 3.48. The van der Waals surface area contributed by atoms with E-state index < -0.39 is 5.91 Å². The minimum absolute atomic E-state index is 0.00671. The van der Waals surface area contributed by atoms with Crippen molar-refractivity contribution in [3.05, 3.63) is 0 Å². The Morgan fingerprint density at radius 2 is 2.39 bits per heavy atom. The van der Waals surface area contributed by atoms with Crippen LogP contribution in [0.4, 0.5) is 0 Å². The Hall–Kier alpha value is -0.690. The van der Waals surface area contributed by atoms with Gasteiger partial charge in [0, 0.05) is 32.2 Å². The summed E-state index contributed by atoms with van der Waals surface area (Å²) >= 11 is 0. The summed E-state index contributed by atoms with van der Waals surface area (Å²) in [6, 6.07) is 0.442. The van der Waals surface area contributed by atoms with Crippen molar-refractivity contribution in [2.24, 2.45) is 5.73 Å². The third-order valence-corrected chi connectivity index (χ3v) is 3.48. The Morgan fingerprint density at radius 1 is 1.50 bits per heavy atom. The molecule has 2 unspecified atom stereocenters. The fraction of sp³-hybridized carbons (Fsp3) is 0.917. The summed E-state index contributed by atoms with van der Waals surface area (Å²) in [7, 11) is 0. The topological polar surface area (TPSA) is 82.8 Å². The van der Waals surface area contributed by atoms with Gasteiger partial charge in [-0.2, -0.15) is 0 Å². The Bertz CT molecular complexity index is 279. The van der Waals surface area contributed by atoms with Gasteiger partial charge in [-0.3, -0.25) is 4.79 Å². The molecule has 2 aliphatic heterocycles. The molecule has 0 bridgehead atoms. The molecule has 0 aromatic carbocycles. The normalized spacial score (nSPS) is 31.9. The number of nitrogens with two attached hydrogens (primary N) is 1. The monoisotopic (exact) mass is 258 g/mol. The Morgan fingerprint density at radius 3 is 3.11 bits per heavy atom. The predicted molar refractivity (Wildman–Crippen MR) is 65.2 cm³/mol. The number of hydrogen-bond acceptors (Lipinski definition) is 5. The molecule has 0 radical (unpaired) electrons. The molecule has 2 heterocycles. The van der Waals surface area contributed by atoms with Gasteiger partial charge in [-0.15, -0.1) is 0 Å². The van der Waals surface area contributed by atoms with E-state index in [4.69, 9.17) is 19.9 Å². The van der Waals surface area contributed by atoms with Crippen LogP contribution in [0.5, 0.6) is 0 Å². The third kappa shape index (κ3) is 3.91. The molecule has 6 nitrogen and oxygen atoms in total. The van der Waals surface area contributed by atoms with Gasteiger partial charge in [-0.25, -0.2) is 0 Å². The van der Waals surface area contributed by atoms with Gasteiger partial charge in [-0.1, -0.05) is 0 Å². The largest absolute Gasteiger partial charge is 0.378 e. The number of primary amides is 1. The molecular formula is C12H22N2O4. The predicted octanol–water partition coefficient (Wildman–Crippen LogP) is -0.584. The summed E-state index contributed by atoms with van der Waals surface area (Å²) in [5.74, 6) is -0.428. The zero-order chi connectivity index (χ0) is 12.8. The van der Waals surface area contributed by atoms with Gasteiger partial charge in [0.25, 0.3) is 0 Å². The Labute approximate surface area is 107 Å². The van der Waals surface area contributed by atoms with Crippen molar-refractivity contribution in [2.45, 2.75) is 30.9 Å². The molecule has 104 valence electrons. The zero-order valence-electron chi connectivity index (χ0n) is 10.7. The minimum Gasteiger partial charge on any atom is -0.378 e. The van der Waals surface area contributed by atoms with E-state index in [1.807, 2.05) is 0 Å². The molecule has 1 spiro atoms. The average Bonchev–Trinajstić information content (AvgIpc) is 2.76. The second-order valence-corrected chi connectivity index (χ2v) is 5.00. The van der Waals surface area contributed by atoms with E-state index in [2.05, 4.69) is 5.32 Å². The number of nitrogens with one attached hydrogen (secondary N) is 1. The molecule has 2 saturated heterocycles. The Balaban J connectivity index is 1.62. The van der Waals surface area contributed by atoms with Crippen LogP contribution in [0.1, 0.15) is 19.3 Å². The van der Waals surface area contributed by atoms with E-state index in [1.165, 1.54) is 0 Å². The summed E-state index contributed by atoms with van der Waals surface area (Å²) < 4.78 is 16.4. The number of amides is 1. The van der Waals surface area contributed by atoms with Crippen LogP contribution < -0.4 is 11.1 Å². The van der Waals surface area contributed by atoms with Gasteiger partial charge >= 0.3 is 0 Å². The fourth-order valence-electron chi connectivity index (χ4n) is 2.57. The van der Waals surface area contributed by atoms with Crippen molar-refractivity contribution in [3.8, 4) is 0 Å². The first kappa shape index (κ1) is 13.7. The fourth-order valence-corrected chi connectivity index (χ4v) is 2.57. The van der Waals surface area contributed by atoms with Crippen molar-refractivity contribution in [1.82, 2.24) is 5.32 Å². The maximum atomic E-state index is 10.5. The van der Waals surface area contributed by atoms with E-state index in [9.17, 15) is 4.79 Å². The summed E-state index contributed by atoms with van der Waals surface area (Å²) in [6.45, 7) is 3.52. The van der Waals surface area contributed by atoms with Gasteiger partial charge in [-0.05, 0) is 12.8 Å². The van der Waals surface area contributed by atoms with Crippen LogP contribution >= 0.6 is 0 Å². The van der Waals surface area contributed by atoms with E-state index in [1.54, 1.807) is 0 Å². The van der Waals surface area contributed by atoms with E-state index in [-0.39, 0.29) is 12.2 Å². The maximum Gasteiger partial charge on any atom is 0.243 e. The lowest BCUT2D eigenvalue weighted by atomic mass is 9.90. The highest BCUT2D eigenvalue weighted by Gasteiger charge is 2.40. The molecule has 6 heteroatoms. The average molecular weight is 258 g/mol. The van der Waals surface area contributed by atoms with Gasteiger partial charge < -0.3 is 25.3 Å². The lowest BCUT2D eigenvalue weighted by Gasteiger charge is -2.37. The number of ether oxygens (including phenoxy) is 3. The molecule has 2 rings (SSSR count). The summed E-state index contributed by atoms with van der Waals surface area (Å²) in [6.07, 6.45) is 2.99. The molecule has 3 N–H and O–H groups in total. The van der Waals surface area contributed by atoms with Crippen molar-refractivity contribution in [3.63, 3.8) is 0 Å². The summed E-state index contributed by atoms with van der Waals surface area (Å²) in [5.41, 5.74) is 4.92. The molecule has 0 saturated carbocycles. The van der Waals surface area contributed by atoms with Gasteiger partial charge in [0.2, 0.25) is 5.91 Å². The smallest absolute Gasteiger partial charge is 0.243 e. The standard InChI is InChI=1S/C12H22N2O4/c13-11(15)8-16-6-3-14-10-1-4-18-12(7-10)2-5-17-9-12/h10,14H,1-9H2,(H2,13,15). The van der Waals surface area contributed by atoms with Gasteiger partial charge in [0.15, 0.2) is 0 Å². The van der Waals surface area contributed by atoms with E-state index in [0.29, 0.717) is 19.3 Å². The van der Waals surface area contributed by atoms with Crippen LogP contribution in [0.25, 0.3) is 0 Å². The van der Waals surface area contributed by atoms with Crippen LogP contribution in [0, 0.1) is 0 Å². The SMILES string of the molecule is NC(=O)COCCNC1CCOC2(CCOC2)C1. The molecular weight excluding hydrogens is 236 g/mol. The van der Waals surface area contributed by atoms with Crippen LogP contribution in [-0.4, -0.2) is 57.1 Å². The van der Waals surface area contributed by atoms with Crippen molar-refractivity contribution in [2.75, 3.05) is 39.6 Å². The van der Waals surface area contributed by atoms with Crippen molar-refractivity contribution in [1.29, 1.82) is 0 Å². The van der Waals surface area contributed by atoms with Gasteiger partial charge in [0.1, 0.15) is 6.61 Å². The zero-order valence-corrected chi connectivity index (χ0v) is 10.7. The van der Waals surface area contributed by atoms with Crippen LogP contribution in [0.2, 0.25) is 0 Å². The van der Waals surface area contributed by atoms with Crippen molar-refractivity contribution < 1.29 is 19.0 Å². The first-order valence-corrected chi connectivity index (χ1v) is 6.51. The lowest BCUT2D eigenvalue weighted by molar-refractivity contribution is -0.122. The molecule has 1 amide bonds. The summed E-state index contributed by atoms with van der Waals surface area (Å²) in [5, 5.41) is 3.43. The highest BCUT2D eigenvalue weighted by Crippen LogP contribution is 2.32. The highest BCUT2D eigenvalue weighted by molar-refractivity contribution is 5.74. The molecule has 0 aromatic rings. The number of hydrogen-bond donors (Lipinski definition) is 2. The first-order chi connectivity index (χ1) is 8.70. The molecule has 2 atom stereocenters. The second kappa shape index (κ2) is 6.47. The molecule has 18 heavy (non-hydrogen) atoms. The quantitative estimate of drug-likeness (QED) is 0.623. The van der Waals surface area contributed by atoms with E-state index >= 15 is 0 Å². The van der Waals surface area contributed by atoms with Crippen LogP contribution in [0.15, 0.2) is 0 Å². The molecule has 2 fully saturated rings. The lowest BCUT2D eigenvalue weighted by Crippen LogP contribution is -2.48. The van der Waals surface area contributed by atoms with E-state index in [0.717, 1.165) is 39.0 Å². The molecule has 0 aromatic heterocycles. The maximum absolute atomic E-state index is 10.5. The second-order valence-electron chi connectivity index (χ2n) is 5.00. The minimum atomic E-state index is -0.428. The number of carbonyl (C=O) groups is 1. The molecule has 0 aliphatic carbocycles. The summed E-state index contributed by atoms with van der Waals surface area (Å²) in [4.78, 5) is 10.5. The van der Waals surface area contributed by atoms with Crippen LogP contribution in [0.3, 0.4) is 0 Å². The number of carbonyl (C=O) groups excluding carboxylic acids is 1. The molecule has 2 aliphatic rings. The highest BCUT2D eigenvalue weighted by atomic mass is 16.6. The first-order valence-electron chi connectivity index (χ1n) is 6.51. The number of rotatable bonds is 6. The van der Waals surface area contributed by atoms with Crippen molar-refractivity contribution >= 4 is 5.91 Å². The van der Waals surface area contributed by atoms with Crippen LogP contribution in [-0.2, 0) is 19.0 Å². The van der Waals surface area contributed by atoms with Gasteiger partial charge in [0.05, 0.1) is 18.8 Å².